The molecule has 0 radical (unpaired) electrons. The first-order chi connectivity index (χ1) is 20.5. The third-order valence-electron chi connectivity index (χ3n) is 8.34. The van der Waals surface area contributed by atoms with Gasteiger partial charge in [0.15, 0.2) is 0 Å². The summed E-state index contributed by atoms with van der Waals surface area (Å²) < 4.78 is 0. The van der Waals surface area contributed by atoms with Gasteiger partial charge in [0.1, 0.15) is 0 Å². The van der Waals surface area contributed by atoms with Crippen molar-refractivity contribution in [2.24, 2.45) is 0 Å². The summed E-state index contributed by atoms with van der Waals surface area (Å²) in [4.78, 5) is 25.2. The third kappa shape index (κ3) is 4.25. The van der Waals surface area contributed by atoms with Crippen LogP contribution in [-0.2, 0) is 12.8 Å². The number of hydrogen-bond acceptors (Lipinski definition) is 4. The molecule has 0 aromatic heterocycles. The van der Waals surface area contributed by atoms with Crippen LogP contribution in [0.5, 0.6) is 0 Å². The van der Waals surface area contributed by atoms with Crippen LogP contribution in [0.25, 0.3) is 43.1 Å². The van der Waals surface area contributed by atoms with E-state index in [9.17, 15) is 19.8 Å². The predicted octanol–water partition coefficient (Wildman–Crippen LogP) is 6.21. The van der Waals surface area contributed by atoms with Crippen LogP contribution >= 0.6 is 0 Å². The van der Waals surface area contributed by atoms with Crippen LogP contribution in [0.15, 0.2) is 121 Å². The van der Waals surface area contributed by atoms with Crippen LogP contribution in [0.3, 0.4) is 0 Å². The highest BCUT2D eigenvalue weighted by molar-refractivity contribution is 6.05. The van der Waals surface area contributed by atoms with Crippen LogP contribution < -0.4 is 10.2 Å². The van der Waals surface area contributed by atoms with Crippen LogP contribution in [0.2, 0.25) is 0 Å². The lowest BCUT2D eigenvalue weighted by Crippen LogP contribution is -2.28. The molecule has 0 aliphatic carbocycles. The van der Waals surface area contributed by atoms with Gasteiger partial charge in [-0.15, -0.1) is 0 Å². The second-order valence-corrected chi connectivity index (χ2v) is 10.6. The SMILES string of the molecule is O=C([O-])c1ccc(C(=O)[O-])c(Cc2c3ccccc3cc3ccccc23)c1Cc1c2ccccc2cc2ccccc12. The van der Waals surface area contributed by atoms with E-state index in [0.29, 0.717) is 11.1 Å². The molecule has 4 nitrogen and oxygen atoms in total. The van der Waals surface area contributed by atoms with E-state index in [1.54, 1.807) is 0 Å². The number of carbonyl (C=O) groups is 2. The van der Waals surface area contributed by atoms with E-state index in [4.69, 9.17) is 0 Å². The van der Waals surface area contributed by atoms with Gasteiger partial charge in [-0.25, -0.2) is 0 Å². The Bertz CT molecular complexity index is 1940. The lowest BCUT2D eigenvalue weighted by Gasteiger charge is -2.23. The fourth-order valence-corrected chi connectivity index (χ4v) is 6.43. The van der Waals surface area contributed by atoms with E-state index in [0.717, 1.165) is 54.2 Å². The summed E-state index contributed by atoms with van der Waals surface area (Å²) in [7, 11) is 0. The van der Waals surface area contributed by atoms with Crippen molar-refractivity contribution in [3.05, 3.63) is 155 Å². The maximum Gasteiger partial charge on any atom is 0.0718 e. The van der Waals surface area contributed by atoms with Crippen LogP contribution in [0.1, 0.15) is 43.0 Å². The molecule has 0 N–H and O–H groups in total. The molecule has 0 spiro atoms. The highest BCUT2D eigenvalue weighted by atomic mass is 16.4. The molecule has 0 saturated heterocycles. The lowest BCUT2D eigenvalue weighted by atomic mass is 9.83. The smallest absolute Gasteiger partial charge is 0.0718 e. The lowest BCUT2D eigenvalue weighted by molar-refractivity contribution is -0.256. The van der Waals surface area contributed by atoms with Gasteiger partial charge in [0.2, 0.25) is 0 Å². The molecular formula is C38H24O4-2. The second kappa shape index (κ2) is 10.2. The van der Waals surface area contributed by atoms with Crippen molar-refractivity contribution in [1.29, 1.82) is 0 Å². The van der Waals surface area contributed by atoms with Gasteiger partial charge in [0.05, 0.1) is 11.9 Å². The van der Waals surface area contributed by atoms with E-state index in [1.807, 2.05) is 97.1 Å². The molecule has 7 rings (SSSR count). The van der Waals surface area contributed by atoms with Gasteiger partial charge < -0.3 is 19.8 Å². The Morgan fingerprint density at radius 3 is 0.976 bits per heavy atom. The summed E-state index contributed by atoms with van der Waals surface area (Å²) in [5.41, 5.74) is 2.69. The van der Waals surface area contributed by atoms with Gasteiger partial charge in [-0.05, 0) is 90.3 Å². The first-order valence-corrected chi connectivity index (χ1v) is 13.9. The van der Waals surface area contributed by atoms with E-state index in [2.05, 4.69) is 12.1 Å². The number of carboxylic acids is 2. The predicted molar refractivity (Wildman–Crippen MR) is 164 cm³/mol. The highest BCUT2D eigenvalue weighted by Gasteiger charge is 2.20. The van der Waals surface area contributed by atoms with Crippen molar-refractivity contribution in [2.45, 2.75) is 12.8 Å². The first kappa shape index (κ1) is 25.5. The molecule has 0 fully saturated rings. The average Bonchev–Trinajstić information content (AvgIpc) is 3.01. The topological polar surface area (TPSA) is 80.3 Å². The molecule has 4 heteroatoms. The maximum absolute atomic E-state index is 12.6. The minimum Gasteiger partial charge on any atom is -0.545 e. The number of benzene rings is 7. The molecule has 0 amide bonds. The fourth-order valence-electron chi connectivity index (χ4n) is 6.43. The number of fused-ring (bicyclic) bond motifs is 4. The molecule has 7 aromatic carbocycles. The standard InChI is InChI=1S/C38H26O4/c39-37(40)31-17-18-32(38(41)42)36(22-34-29-15-7-3-11-25(29)20-26-12-4-8-16-30(26)34)35(31)21-33-27-13-5-1-9-23(27)19-24-10-2-6-14-28(24)33/h1-20H,21-22H2,(H,39,40)(H,41,42)/p-2. The van der Waals surface area contributed by atoms with E-state index in [1.165, 1.54) is 12.1 Å². The zero-order valence-corrected chi connectivity index (χ0v) is 22.6. The van der Waals surface area contributed by atoms with Gasteiger partial charge in [-0.1, -0.05) is 109 Å². The third-order valence-corrected chi connectivity index (χ3v) is 8.34. The minimum atomic E-state index is -1.34. The van der Waals surface area contributed by atoms with Crippen LogP contribution in [0, 0.1) is 0 Å². The van der Waals surface area contributed by atoms with Crippen molar-refractivity contribution in [3.63, 3.8) is 0 Å². The van der Waals surface area contributed by atoms with Crippen molar-refractivity contribution in [3.8, 4) is 0 Å². The van der Waals surface area contributed by atoms with Crippen molar-refractivity contribution < 1.29 is 19.8 Å². The summed E-state index contributed by atoms with van der Waals surface area (Å²) in [5.74, 6) is -2.69. The Morgan fingerprint density at radius 2 is 0.690 bits per heavy atom. The van der Waals surface area contributed by atoms with Crippen molar-refractivity contribution in [1.82, 2.24) is 0 Å². The Labute approximate surface area is 242 Å². The van der Waals surface area contributed by atoms with Gasteiger partial charge in [-0.2, -0.15) is 0 Å². The van der Waals surface area contributed by atoms with Gasteiger partial charge in [-0.3, -0.25) is 0 Å². The minimum absolute atomic E-state index is 0.0171. The summed E-state index contributed by atoms with van der Waals surface area (Å²) in [6.45, 7) is 0. The van der Waals surface area contributed by atoms with Crippen LogP contribution in [-0.4, -0.2) is 11.9 Å². The summed E-state index contributed by atoms with van der Waals surface area (Å²) in [6, 6.07) is 38.9. The summed E-state index contributed by atoms with van der Waals surface area (Å²) in [6.07, 6.45) is 0.425. The Balaban J connectivity index is 1.54. The molecule has 0 atom stereocenters. The molecular weight excluding hydrogens is 520 g/mol. The zero-order valence-electron chi connectivity index (χ0n) is 22.6. The fraction of sp³-hybridized carbons (Fsp3) is 0.0526. The monoisotopic (exact) mass is 544 g/mol. The summed E-state index contributed by atoms with van der Waals surface area (Å²) >= 11 is 0. The van der Waals surface area contributed by atoms with E-state index < -0.39 is 11.9 Å². The van der Waals surface area contributed by atoms with E-state index in [-0.39, 0.29) is 24.0 Å². The molecule has 0 heterocycles. The van der Waals surface area contributed by atoms with Gasteiger partial charge >= 0.3 is 0 Å². The molecule has 0 unspecified atom stereocenters. The van der Waals surface area contributed by atoms with Gasteiger partial charge in [0, 0.05) is 11.1 Å². The highest BCUT2D eigenvalue weighted by Crippen LogP contribution is 2.36. The Kier molecular flexibility index (Phi) is 6.17. The summed E-state index contributed by atoms with van der Waals surface area (Å²) in [5, 5.41) is 33.2. The quantitative estimate of drug-likeness (QED) is 0.233. The van der Waals surface area contributed by atoms with Crippen molar-refractivity contribution in [2.75, 3.05) is 0 Å². The molecule has 7 aromatic rings. The number of aromatic carboxylic acids is 2. The molecule has 202 valence electrons. The van der Waals surface area contributed by atoms with Crippen molar-refractivity contribution >= 4 is 55.0 Å². The second-order valence-electron chi connectivity index (χ2n) is 10.6. The maximum atomic E-state index is 12.6. The average molecular weight is 545 g/mol. The van der Waals surface area contributed by atoms with Gasteiger partial charge in [0.25, 0.3) is 0 Å². The molecule has 0 aliphatic rings. The number of rotatable bonds is 6. The number of hydrogen-bond donors (Lipinski definition) is 0. The first-order valence-electron chi connectivity index (χ1n) is 13.9. The number of carbonyl (C=O) groups excluding carboxylic acids is 2. The molecule has 0 bridgehead atoms. The molecule has 42 heavy (non-hydrogen) atoms. The number of carboxylic acid groups (broad SMARTS) is 2. The Morgan fingerprint density at radius 1 is 0.405 bits per heavy atom. The molecule has 0 saturated carbocycles. The Hall–Kier alpha value is -5.48. The molecule has 0 aliphatic heterocycles. The largest absolute Gasteiger partial charge is 0.545 e. The van der Waals surface area contributed by atoms with E-state index >= 15 is 0 Å². The zero-order chi connectivity index (χ0) is 28.8. The van der Waals surface area contributed by atoms with Crippen LogP contribution in [0.4, 0.5) is 0 Å². The normalized spacial score (nSPS) is 11.4.